The molecule has 0 bridgehead atoms. The number of fused-ring (bicyclic) bond motifs is 9. The fourth-order valence-electron chi connectivity index (χ4n) is 8.72. The fraction of sp³-hybridized carbons (Fsp3) is 0.0800. The average Bonchev–Trinajstić information content (AvgIpc) is 3.52. The summed E-state index contributed by atoms with van der Waals surface area (Å²) in [6, 6.07) is 52.8. The minimum Gasteiger partial charge on any atom is -0.309 e. The highest BCUT2D eigenvalue weighted by Gasteiger charge is 2.18. The number of hydrogen-bond donors (Lipinski definition) is 0. The Morgan fingerprint density at radius 3 is 1.47 bits per heavy atom. The molecule has 0 amide bonds. The molecule has 3 heteroatoms. The Labute approximate surface area is 308 Å². The third-order valence-corrected chi connectivity index (χ3v) is 11.1. The Kier molecular flexibility index (Phi) is 7.06. The number of benzene rings is 8. The number of aromatic nitrogens is 3. The van der Waals surface area contributed by atoms with Crippen molar-refractivity contribution >= 4 is 54.4 Å². The lowest BCUT2D eigenvalue weighted by molar-refractivity contribution is 1.18. The van der Waals surface area contributed by atoms with E-state index in [1.165, 1.54) is 77.1 Å². The second-order valence-corrected chi connectivity index (χ2v) is 14.4. The van der Waals surface area contributed by atoms with Crippen molar-refractivity contribution < 1.29 is 0 Å². The van der Waals surface area contributed by atoms with Crippen LogP contribution in [0.1, 0.15) is 22.3 Å². The van der Waals surface area contributed by atoms with Crippen molar-refractivity contribution in [2.45, 2.75) is 27.7 Å². The van der Waals surface area contributed by atoms with Crippen LogP contribution in [0.3, 0.4) is 0 Å². The van der Waals surface area contributed by atoms with Gasteiger partial charge in [0.2, 0.25) is 0 Å². The van der Waals surface area contributed by atoms with Crippen LogP contribution < -0.4 is 0 Å². The molecule has 0 spiro atoms. The SMILES string of the molecule is Cc1cccc(C)c1-c1ccc2c3ccc(-c4c(C)cccc4C)cc3c3nc(-c4cccc(-n5c6ccccc6c6ccccc65)c4)cnc3c2c1. The van der Waals surface area contributed by atoms with Crippen molar-refractivity contribution in [1.29, 1.82) is 0 Å². The van der Waals surface area contributed by atoms with E-state index in [2.05, 4.69) is 178 Å². The van der Waals surface area contributed by atoms with Crippen molar-refractivity contribution in [2.24, 2.45) is 0 Å². The summed E-state index contributed by atoms with van der Waals surface area (Å²) < 4.78 is 2.36. The van der Waals surface area contributed by atoms with Crippen molar-refractivity contribution in [3.8, 4) is 39.2 Å². The van der Waals surface area contributed by atoms with E-state index >= 15 is 0 Å². The van der Waals surface area contributed by atoms with Crippen LogP contribution in [0.25, 0.3) is 93.6 Å². The van der Waals surface area contributed by atoms with Crippen LogP contribution in [-0.2, 0) is 0 Å². The summed E-state index contributed by atoms with van der Waals surface area (Å²) in [6.45, 7) is 8.78. The molecule has 8 aromatic carbocycles. The third kappa shape index (κ3) is 4.88. The first-order valence-electron chi connectivity index (χ1n) is 18.3. The molecule has 0 unspecified atom stereocenters. The molecule has 2 aromatic heterocycles. The molecule has 0 N–H and O–H groups in total. The molecule has 3 nitrogen and oxygen atoms in total. The molecule has 0 fully saturated rings. The quantitative estimate of drug-likeness (QED) is 0.173. The van der Waals surface area contributed by atoms with Gasteiger partial charge in [-0.25, -0.2) is 4.98 Å². The Bertz CT molecular complexity index is 3020. The van der Waals surface area contributed by atoms with Crippen LogP contribution in [0, 0.1) is 27.7 Å². The number of nitrogens with zero attached hydrogens (tertiary/aromatic N) is 3. The Morgan fingerprint density at radius 2 is 0.906 bits per heavy atom. The standard InChI is InChI=1S/C50H37N3/c1-30-12-9-13-31(2)47(30)35-22-24-38-39-25-23-36(48-32(3)14-10-15-33(48)4)28-43(39)50-49(42(38)27-35)51-29-44(52-50)34-16-11-17-37(26-34)53-45-20-7-5-18-40(45)41-19-6-8-21-46(41)53/h5-29H,1-4H3. The molecule has 0 saturated heterocycles. The molecule has 252 valence electrons. The summed E-state index contributed by atoms with van der Waals surface area (Å²) in [6.07, 6.45) is 1.96. The maximum atomic E-state index is 5.52. The van der Waals surface area contributed by atoms with Crippen LogP contribution in [-0.4, -0.2) is 14.5 Å². The van der Waals surface area contributed by atoms with Crippen LogP contribution in [0.15, 0.2) is 152 Å². The smallest absolute Gasteiger partial charge is 0.0979 e. The van der Waals surface area contributed by atoms with E-state index in [1.807, 2.05) is 6.20 Å². The minimum atomic E-state index is 0.851. The van der Waals surface area contributed by atoms with Crippen molar-refractivity contribution in [3.63, 3.8) is 0 Å². The second kappa shape index (κ2) is 12.0. The summed E-state index contributed by atoms with van der Waals surface area (Å²) in [7, 11) is 0. The normalized spacial score (nSPS) is 11.8. The van der Waals surface area contributed by atoms with Crippen molar-refractivity contribution in [1.82, 2.24) is 14.5 Å². The lowest BCUT2D eigenvalue weighted by Crippen LogP contribution is -1.96. The molecule has 0 atom stereocenters. The van der Waals surface area contributed by atoms with E-state index in [9.17, 15) is 0 Å². The zero-order valence-electron chi connectivity index (χ0n) is 30.3. The van der Waals surface area contributed by atoms with Gasteiger partial charge in [-0.1, -0.05) is 109 Å². The van der Waals surface area contributed by atoms with E-state index < -0.39 is 0 Å². The summed E-state index contributed by atoms with van der Waals surface area (Å²) in [5, 5.41) is 7.09. The molecule has 0 saturated carbocycles. The molecule has 10 rings (SSSR count). The lowest BCUT2D eigenvalue weighted by Gasteiger charge is -2.16. The van der Waals surface area contributed by atoms with Gasteiger partial charge in [-0.05, 0) is 119 Å². The lowest BCUT2D eigenvalue weighted by atomic mass is 9.90. The van der Waals surface area contributed by atoms with Gasteiger partial charge in [0, 0.05) is 32.8 Å². The molecule has 0 aliphatic heterocycles. The van der Waals surface area contributed by atoms with Gasteiger partial charge < -0.3 is 4.57 Å². The molecule has 2 heterocycles. The highest BCUT2D eigenvalue weighted by Crippen LogP contribution is 2.40. The van der Waals surface area contributed by atoms with Gasteiger partial charge in [-0.3, -0.25) is 4.98 Å². The average molecular weight is 680 g/mol. The van der Waals surface area contributed by atoms with E-state index in [1.54, 1.807) is 0 Å². The van der Waals surface area contributed by atoms with Gasteiger partial charge in [0.05, 0.1) is 34.0 Å². The van der Waals surface area contributed by atoms with Gasteiger partial charge in [-0.15, -0.1) is 0 Å². The van der Waals surface area contributed by atoms with Gasteiger partial charge in [0.15, 0.2) is 0 Å². The molecule has 53 heavy (non-hydrogen) atoms. The number of aryl methyl sites for hydroxylation is 4. The summed E-state index contributed by atoms with van der Waals surface area (Å²) in [5.41, 5.74) is 17.2. The van der Waals surface area contributed by atoms with E-state index in [-0.39, 0.29) is 0 Å². The second-order valence-electron chi connectivity index (χ2n) is 14.4. The van der Waals surface area contributed by atoms with Crippen molar-refractivity contribution in [3.05, 3.63) is 174 Å². The Morgan fingerprint density at radius 1 is 0.396 bits per heavy atom. The third-order valence-electron chi connectivity index (χ3n) is 11.1. The first-order chi connectivity index (χ1) is 25.9. The first-order valence-corrected chi connectivity index (χ1v) is 18.3. The highest BCUT2D eigenvalue weighted by molar-refractivity contribution is 6.24. The predicted octanol–water partition coefficient (Wildman–Crippen LogP) is 13.3. The predicted molar refractivity (Wildman–Crippen MR) is 224 cm³/mol. The summed E-state index contributed by atoms with van der Waals surface area (Å²) in [4.78, 5) is 10.8. The molecular weight excluding hydrogens is 643 g/mol. The molecule has 0 radical (unpaired) electrons. The largest absolute Gasteiger partial charge is 0.309 e. The zero-order valence-corrected chi connectivity index (χ0v) is 30.3. The number of rotatable bonds is 4. The first kappa shape index (κ1) is 31.2. The van der Waals surface area contributed by atoms with Gasteiger partial charge >= 0.3 is 0 Å². The highest BCUT2D eigenvalue weighted by atomic mass is 15.0. The molecular formula is C50H37N3. The van der Waals surface area contributed by atoms with Crippen LogP contribution >= 0.6 is 0 Å². The minimum absolute atomic E-state index is 0.851. The van der Waals surface area contributed by atoms with E-state index in [0.29, 0.717) is 0 Å². The monoisotopic (exact) mass is 679 g/mol. The van der Waals surface area contributed by atoms with Gasteiger partial charge in [0.25, 0.3) is 0 Å². The van der Waals surface area contributed by atoms with Gasteiger partial charge in [-0.2, -0.15) is 0 Å². The molecule has 0 aliphatic rings. The zero-order chi connectivity index (χ0) is 35.8. The maximum Gasteiger partial charge on any atom is 0.0979 e. The van der Waals surface area contributed by atoms with E-state index in [4.69, 9.17) is 9.97 Å². The molecule has 10 aromatic rings. The molecule has 0 aliphatic carbocycles. The topological polar surface area (TPSA) is 30.7 Å². The fourth-order valence-corrected chi connectivity index (χ4v) is 8.72. The summed E-state index contributed by atoms with van der Waals surface area (Å²) in [5.74, 6) is 0. The maximum absolute atomic E-state index is 5.52. The number of hydrogen-bond acceptors (Lipinski definition) is 2. The van der Waals surface area contributed by atoms with Crippen molar-refractivity contribution in [2.75, 3.05) is 0 Å². The number of para-hydroxylation sites is 2. The van der Waals surface area contributed by atoms with E-state index in [0.717, 1.165) is 38.8 Å². The Balaban J connectivity index is 1.23. The summed E-state index contributed by atoms with van der Waals surface area (Å²) >= 11 is 0. The van der Waals surface area contributed by atoms with Crippen LogP contribution in [0.2, 0.25) is 0 Å². The Hall–Kier alpha value is -6.58. The van der Waals surface area contributed by atoms with Crippen LogP contribution in [0.4, 0.5) is 0 Å². The van der Waals surface area contributed by atoms with Crippen LogP contribution in [0.5, 0.6) is 0 Å². The van der Waals surface area contributed by atoms with Gasteiger partial charge in [0.1, 0.15) is 0 Å².